The molecular weight excluding hydrogens is 496 g/mol. The number of benzene rings is 3. The lowest BCUT2D eigenvalue weighted by Crippen LogP contribution is -2.20. The maximum Gasteiger partial charge on any atom is 0.211 e. The van der Waals surface area contributed by atoms with Gasteiger partial charge >= 0.3 is 0 Å². The summed E-state index contributed by atoms with van der Waals surface area (Å²) in [5.41, 5.74) is 14.1. The summed E-state index contributed by atoms with van der Waals surface area (Å²) in [5, 5.41) is 1.29. The lowest BCUT2D eigenvalue weighted by molar-refractivity contribution is 0.807. The van der Waals surface area contributed by atoms with Gasteiger partial charge in [-0.2, -0.15) is 11.1 Å². The molecule has 3 aromatic rings. The van der Waals surface area contributed by atoms with Crippen molar-refractivity contribution in [2.45, 2.75) is 119 Å². The summed E-state index contributed by atoms with van der Waals surface area (Å²) in [6.45, 7) is 27.9. The fraction of sp³-hybridized carbons (Fsp3) is 0.500. The zero-order valence-electron chi connectivity index (χ0n) is 25.9. The quantitative estimate of drug-likeness (QED) is 0.185. The number of hydrogen-bond donors (Lipinski definition) is 0. The molecule has 0 bridgehead atoms. The minimum atomic E-state index is 0.196. The predicted octanol–water partition coefficient (Wildman–Crippen LogP) is 11.2. The van der Waals surface area contributed by atoms with Gasteiger partial charge in [0.25, 0.3) is 0 Å². The summed E-state index contributed by atoms with van der Waals surface area (Å²) >= 11 is 6.96. The van der Waals surface area contributed by atoms with Gasteiger partial charge < -0.3 is 0 Å². The molecule has 0 aromatic heterocycles. The molecule has 0 saturated heterocycles. The van der Waals surface area contributed by atoms with E-state index in [0.29, 0.717) is 35.5 Å². The standard InChI is InChI=1S/C36H49ClSi/c1-20(2)26-16-30(22(5)6)34(31(17-26)23(7)8)28-14-13-15-29(36(28)38-37)35-32(24(9)10)18-27(21(3)4)19-33(35)25(11)12/h13-25H,1-12H3. The topological polar surface area (TPSA) is 0 Å². The summed E-state index contributed by atoms with van der Waals surface area (Å²) in [6, 6.07) is 16.7. The molecule has 0 spiro atoms. The van der Waals surface area contributed by atoms with Gasteiger partial charge in [-0.1, -0.05) is 126 Å². The van der Waals surface area contributed by atoms with Gasteiger partial charge in [0.1, 0.15) is 0 Å². The Hall–Kier alpha value is -1.83. The fourth-order valence-corrected chi connectivity index (χ4v) is 6.84. The van der Waals surface area contributed by atoms with Crippen molar-refractivity contribution in [1.29, 1.82) is 0 Å². The Balaban J connectivity index is 2.49. The summed E-state index contributed by atoms with van der Waals surface area (Å²) in [4.78, 5) is 0. The van der Waals surface area contributed by atoms with Crippen LogP contribution in [0.1, 0.15) is 152 Å². The highest BCUT2D eigenvalue weighted by Crippen LogP contribution is 2.42. The Morgan fingerprint density at radius 3 is 0.974 bits per heavy atom. The molecule has 0 aliphatic heterocycles. The minimum absolute atomic E-state index is 0.196. The second kappa shape index (κ2) is 12.6. The summed E-state index contributed by atoms with van der Waals surface area (Å²) in [6.07, 6.45) is 0. The molecule has 38 heavy (non-hydrogen) atoms. The molecule has 0 fully saturated rings. The van der Waals surface area contributed by atoms with Crippen LogP contribution in [0.2, 0.25) is 0 Å². The van der Waals surface area contributed by atoms with Crippen LogP contribution in [0, 0.1) is 0 Å². The Morgan fingerprint density at radius 2 is 0.763 bits per heavy atom. The molecule has 204 valence electrons. The van der Waals surface area contributed by atoms with E-state index in [4.69, 9.17) is 11.1 Å². The molecule has 3 rings (SSSR count). The van der Waals surface area contributed by atoms with E-state index < -0.39 is 0 Å². The van der Waals surface area contributed by atoms with Crippen molar-refractivity contribution in [3.05, 3.63) is 75.8 Å². The lowest BCUT2D eigenvalue weighted by Gasteiger charge is -2.27. The van der Waals surface area contributed by atoms with Crippen molar-refractivity contribution in [2.75, 3.05) is 0 Å². The molecule has 0 amide bonds. The fourth-order valence-electron chi connectivity index (χ4n) is 5.60. The second-order valence-electron chi connectivity index (χ2n) is 12.9. The van der Waals surface area contributed by atoms with Crippen molar-refractivity contribution in [2.24, 2.45) is 0 Å². The predicted molar refractivity (Wildman–Crippen MR) is 173 cm³/mol. The van der Waals surface area contributed by atoms with E-state index in [0.717, 1.165) is 0 Å². The van der Waals surface area contributed by atoms with E-state index in [1.165, 1.54) is 60.8 Å². The van der Waals surface area contributed by atoms with Crippen molar-refractivity contribution < 1.29 is 0 Å². The van der Waals surface area contributed by atoms with Crippen molar-refractivity contribution in [3.63, 3.8) is 0 Å². The summed E-state index contributed by atoms with van der Waals surface area (Å²) in [7, 11) is 0.196. The van der Waals surface area contributed by atoms with Crippen molar-refractivity contribution >= 4 is 25.1 Å². The summed E-state index contributed by atoms with van der Waals surface area (Å²) in [5.74, 6) is 2.72. The molecule has 0 aliphatic rings. The first kappa shape index (κ1) is 30.7. The monoisotopic (exact) mass is 544 g/mol. The van der Waals surface area contributed by atoms with E-state index in [-0.39, 0.29) is 8.83 Å². The Labute approximate surface area is 241 Å². The van der Waals surface area contributed by atoms with Gasteiger partial charge in [-0.25, -0.2) is 0 Å². The molecular formula is C36H49ClSi. The molecule has 0 aliphatic carbocycles. The smallest absolute Gasteiger partial charge is 0.165 e. The molecule has 3 aromatic carbocycles. The van der Waals surface area contributed by atoms with E-state index in [1.807, 2.05) is 0 Å². The van der Waals surface area contributed by atoms with E-state index >= 15 is 0 Å². The Bertz CT molecular complexity index is 1110. The van der Waals surface area contributed by atoms with Gasteiger partial charge in [-0.15, -0.1) is 0 Å². The molecule has 2 heteroatoms. The van der Waals surface area contributed by atoms with Crippen molar-refractivity contribution in [1.82, 2.24) is 0 Å². The normalized spacial score (nSPS) is 12.3. The average Bonchev–Trinajstić information content (AvgIpc) is 2.86. The van der Waals surface area contributed by atoms with Crippen molar-refractivity contribution in [3.8, 4) is 22.3 Å². The zero-order chi connectivity index (χ0) is 28.5. The SMILES string of the molecule is CC(C)c1cc(C(C)C)c(-c2cccc(-c3c(C(C)C)cc(C(C)C)cc3C(C)C)c2[Si]Cl)c(C(C)C)c1. The first-order valence-corrected chi connectivity index (χ1v) is 16.7. The lowest BCUT2D eigenvalue weighted by atomic mass is 9.79. The van der Waals surface area contributed by atoms with E-state index in [1.54, 1.807) is 0 Å². The van der Waals surface area contributed by atoms with Gasteiger partial charge in [0.2, 0.25) is 8.83 Å². The van der Waals surface area contributed by atoms with Gasteiger partial charge in [0.05, 0.1) is 0 Å². The van der Waals surface area contributed by atoms with Crippen LogP contribution in [0.15, 0.2) is 42.5 Å². The molecule has 0 unspecified atom stereocenters. The summed E-state index contributed by atoms with van der Waals surface area (Å²) < 4.78 is 0. The molecule has 0 nitrogen and oxygen atoms in total. The molecule has 0 heterocycles. The maximum absolute atomic E-state index is 6.96. The van der Waals surface area contributed by atoms with Crippen LogP contribution in [0.4, 0.5) is 0 Å². The highest BCUT2D eigenvalue weighted by molar-refractivity contribution is 7.02. The van der Waals surface area contributed by atoms with E-state index in [9.17, 15) is 0 Å². The van der Waals surface area contributed by atoms with Crippen LogP contribution in [0.5, 0.6) is 0 Å². The highest BCUT2D eigenvalue weighted by atomic mass is 35.6. The number of hydrogen-bond acceptors (Lipinski definition) is 0. The van der Waals surface area contributed by atoms with Crippen LogP contribution in [-0.2, 0) is 0 Å². The molecule has 2 radical (unpaired) electrons. The minimum Gasteiger partial charge on any atom is -0.165 e. The third-order valence-corrected chi connectivity index (χ3v) is 9.26. The highest BCUT2D eigenvalue weighted by Gasteiger charge is 2.25. The average molecular weight is 545 g/mol. The first-order valence-electron chi connectivity index (χ1n) is 14.7. The van der Waals surface area contributed by atoms with Gasteiger partial charge in [0.15, 0.2) is 0 Å². The number of rotatable bonds is 9. The molecule has 0 N–H and O–H groups in total. The Kier molecular flexibility index (Phi) is 10.2. The second-order valence-corrected chi connectivity index (χ2v) is 14.2. The van der Waals surface area contributed by atoms with Crippen LogP contribution in [-0.4, -0.2) is 8.83 Å². The van der Waals surface area contributed by atoms with Crippen LogP contribution >= 0.6 is 11.1 Å². The van der Waals surface area contributed by atoms with Crippen LogP contribution < -0.4 is 5.19 Å². The maximum atomic E-state index is 6.96. The first-order chi connectivity index (χ1) is 17.8. The third-order valence-electron chi connectivity index (χ3n) is 7.96. The van der Waals surface area contributed by atoms with Crippen LogP contribution in [0.25, 0.3) is 22.3 Å². The number of halogens is 1. The molecule has 0 saturated carbocycles. The largest absolute Gasteiger partial charge is 0.211 e. The van der Waals surface area contributed by atoms with Gasteiger partial charge in [0, 0.05) is 0 Å². The Morgan fingerprint density at radius 1 is 0.474 bits per heavy atom. The van der Waals surface area contributed by atoms with E-state index in [2.05, 4.69) is 126 Å². The zero-order valence-corrected chi connectivity index (χ0v) is 27.6. The molecule has 0 atom stereocenters. The van der Waals surface area contributed by atoms with Crippen LogP contribution in [0.3, 0.4) is 0 Å². The third kappa shape index (κ3) is 6.15. The van der Waals surface area contributed by atoms with Gasteiger partial charge in [-0.05, 0) is 96.3 Å². The van der Waals surface area contributed by atoms with Gasteiger partial charge in [-0.3, -0.25) is 0 Å².